The first kappa shape index (κ1) is 14.3. The SMILES string of the molecule is COc1ccccc1CCNC(=S)Nc1ccccc1. The Hall–Kier alpha value is -2.07. The number of hydrogen-bond acceptors (Lipinski definition) is 2. The van der Waals surface area contributed by atoms with Crippen LogP contribution in [0.2, 0.25) is 0 Å². The Kier molecular flexibility index (Phi) is 5.38. The van der Waals surface area contributed by atoms with Crippen LogP contribution in [-0.2, 0) is 6.42 Å². The second kappa shape index (κ2) is 7.50. The zero-order valence-corrected chi connectivity index (χ0v) is 12.2. The first-order valence-corrected chi connectivity index (χ1v) is 6.92. The Morgan fingerprint density at radius 3 is 2.50 bits per heavy atom. The molecule has 3 nitrogen and oxygen atoms in total. The van der Waals surface area contributed by atoms with Crippen molar-refractivity contribution in [2.75, 3.05) is 19.0 Å². The molecular formula is C16H18N2OS. The van der Waals surface area contributed by atoms with Crippen LogP contribution >= 0.6 is 12.2 Å². The van der Waals surface area contributed by atoms with Gasteiger partial charge in [-0.3, -0.25) is 0 Å². The molecule has 0 fully saturated rings. The molecule has 0 atom stereocenters. The van der Waals surface area contributed by atoms with Crippen molar-refractivity contribution >= 4 is 23.0 Å². The highest BCUT2D eigenvalue weighted by molar-refractivity contribution is 7.80. The first-order chi connectivity index (χ1) is 9.79. The van der Waals surface area contributed by atoms with Crippen LogP contribution in [0.4, 0.5) is 5.69 Å². The van der Waals surface area contributed by atoms with E-state index in [0.717, 1.165) is 24.4 Å². The summed E-state index contributed by atoms with van der Waals surface area (Å²) in [7, 11) is 1.69. The average molecular weight is 286 g/mol. The molecule has 0 radical (unpaired) electrons. The molecule has 0 heterocycles. The summed E-state index contributed by atoms with van der Waals surface area (Å²) < 4.78 is 5.32. The molecule has 0 spiro atoms. The van der Waals surface area contributed by atoms with Gasteiger partial charge in [0.15, 0.2) is 5.11 Å². The first-order valence-electron chi connectivity index (χ1n) is 6.51. The lowest BCUT2D eigenvalue weighted by Gasteiger charge is -2.12. The summed E-state index contributed by atoms with van der Waals surface area (Å²) in [6.45, 7) is 0.763. The third-order valence-electron chi connectivity index (χ3n) is 2.90. The number of benzene rings is 2. The number of nitrogens with one attached hydrogen (secondary N) is 2. The molecule has 2 aromatic carbocycles. The van der Waals surface area contributed by atoms with Gasteiger partial charge < -0.3 is 15.4 Å². The Balaban J connectivity index is 1.79. The molecular weight excluding hydrogens is 268 g/mol. The summed E-state index contributed by atoms with van der Waals surface area (Å²) in [5.74, 6) is 0.913. The van der Waals surface area contributed by atoms with Gasteiger partial charge in [-0.05, 0) is 42.4 Å². The lowest BCUT2D eigenvalue weighted by molar-refractivity contribution is 0.409. The number of hydrogen-bond donors (Lipinski definition) is 2. The van der Waals surface area contributed by atoms with Crippen molar-refractivity contribution in [1.29, 1.82) is 0 Å². The number of ether oxygens (including phenoxy) is 1. The molecule has 2 N–H and O–H groups in total. The van der Waals surface area contributed by atoms with E-state index in [1.165, 1.54) is 5.56 Å². The summed E-state index contributed by atoms with van der Waals surface area (Å²) in [6, 6.07) is 17.9. The fourth-order valence-electron chi connectivity index (χ4n) is 1.92. The minimum absolute atomic E-state index is 0.631. The van der Waals surface area contributed by atoms with Gasteiger partial charge in [0.25, 0.3) is 0 Å². The normalized spacial score (nSPS) is 9.85. The predicted molar refractivity (Wildman–Crippen MR) is 87.4 cm³/mol. The predicted octanol–water partition coefficient (Wildman–Crippen LogP) is 3.22. The maximum Gasteiger partial charge on any atom is 0.170 e. The number of para-hydroxylation sites is 2. The van der Waals surface area contributed by atoms with Crippen LogP contribution in [0.3, 0.4) is 0 Å². The molecule has 2 aromatic rings. The average Bonchev–Trinajstić information content (AvgIpc) is 2.49. The summed E-state index contributed by atoms with van der Waals surface area (Å²) in [5.41, 5.74) is 2.16. The van der Waals surface area contributed by atoms with E-state index in [-0.39, 0.29) is 0 Å². The second-order valence-corrected chi connectivity index (χ2v) is 4.72. The topological polar surface area (TPSA) is 33.3 Å². The molecule has 104 valence electrons. The van der Waals surface area contributed by atoms with Gasteiger partial charge in [0.2, 0.25) is 0 Å². The quantitative estimate of drug-likeness (QED) is 0.827. The fourth-order valence-corrected chi connectivity index (χ4v) is 2.14. The Labute approximate surface area is 125 Å². The molecule has 2 rings (SSSR count). The van der Waals surface area contributed by atoms with E-state index >= 15 is 0 Å². The van der Waals surface area contributed by atoms with E-state index in [2.05, 4.69) is 16.7 Å². The lowest BCUT2D eigenvalue weighted by Crippen LogP contribution is -2.30. The van der Waals surface area contributed by atoms with Crippen molar-refractivity contribution in [2.45, 2.75) is 6.42 Å². The highest BCUT2D eigenvalue weighted by Crippen LogP contribution is 2.17. The Morgan fingerprint density at radius 2 is 1.75 bits per heavy atom. The fraction of sp³-hybridized carbons (Fsp3) is 0.188. The summed E-state index contributed by atoms with van der Waals surface area (Å²) in [6.07, 6.45) is 0.862. The van der Waals surface area contributed by atoms with Crippen LogP contribution in [0.25, 0.3) is 0 Å². The number of rotatable bonds is 5. The maximum atomic E-state index is 5.32. The van der Waals surface area contributed by atoms with Gasteiger partial charge in [0.1, 0.15) is 5.75 Å². The van der Waals surface area contributed by atoms with Crippen LogP contribution in [0.1, 0.15) is 5.56 Å². The van der Waals surface area contributed by atoms with Crippen molar-refractivity contribution in [1.82, 2.24) is 5.32 Å². The number of anilines is 1. The molecule has 0 saturated carbocycles. The van der Waals surface area contributed by atoms with Gasteiger partial charge in [-0.1, -0.05) is 36.4 Å². The van der Waals surface area contributed by atoms with E-state index in [9.17, 15) is 0 Å². The minimum Gasteiger partial charge on any atom is -0.496 e. The van der Waals surface area contributed by atoms with Gasteiger partial charge in [-0.2, -0.15) is 0 Å². The van der Waals surface area contributed by atoms with Crippen molar-refractivity contribution < 1.29 is 4.74 Å². The van der Waals surface area contributed by atoms with E-state index in [1.807, 2.05) is 48.5 Å². The third kappa shape index (κ3) is 4.24. The van der Waals surface area contributed by atoms with Gasteiger partial charge in [0, 0.05) is 12.2 Å². The van der Waals surface area contributed by atoms with Crippen molar-refractivity contribution in [3.05, 3.63) is 60.2 Å². The third-order valence-corrected chi connectivity index (χ3v) is 3.15. The summed E-state index contributed by atoms with van der Waals surface area (Å²) >= 11 is 5.26. The van der Waals surface area contributed by atoms with E-state index in [0.29, 0.717) is 5.11 Å². The molecule has 0 aliphatic rings. The highest BCUT2D eigenvalue weighted by atomic mass is 32.1. The molecule has 0 aromatic heterocycles. The Morgan fingerprint density at radius 1 is 1.05 bits per heavy atom. The summed E-state index contributed by atoms with van der Waals surface area (Å²) in [5, 5.41) is 6.97. The highest BCUT2D eigenvalue weighted by Gasteiger charge is 2.02. The minimum atomic E-state index is 0.631. The van der Waals surface area contributed by atoms with Crippen LogP contribution in [0.5, 0.6) is 5.75 Å². The molecule has 0 aliphatic carbocycles. The zero-order chi connectivity index (χ0) is 14.2. The van der Waals surface area contributed by atoms with E-state index < -0.39 is 0 Å². The van der Waals surface area contributed by atoms with Crippen molar-refractivity contribution in [2.24, 2.45) is 0 Å². The van der Waals surface area contributed by atoms with E-state index in [4.69, 9.17) is 17.0 Å². The number of thiocarbonyl (C=S) groups is 1. The number of methoxy groups -OCH3 is 1. The second-order valence-electron chi connectivity index (χ2n) is 4.31. The van der Waals surface area contributed by atoms with Crippen molar-refractivity contribution in [3.63, 3.8) is 0 Å². The van der Waals surface area contributed by atoms with Crippen LogP contribution < -0.4 is 15.4 Å². The maximum absolute atomic E-state index is 5.32. The molecule has 0 aliphatic heterocycles. The van der Waals surface area contributed by atoms with Crippen LogP contribution in [-0.4, -0.2) is 18.8 Å². The molecule has 0 amide bonds. The van der Waals surface area contributed by atoms with E-state index in [1.54, 1.807) is 7.11 Å². The molecule has 4 heteroatoms. The van der Waals surface area contributed by atoms with Crippen LogP contribution in [0.15, 0.2) is 54.6 Å². The molecule has 20 heavy (non-hydrogen) atoms. The molecule has 0 saturated heterocycles. The monoisotopic (exact) mass is 286 g/mol. The smallest absolute Gasteiger partial charge is 0.170 e. The Bertz CT molecular complexity index is 557. The van der Waals surface area contributed by atoms with Gasteiger partial charge >= 0.3 is 0 Å². The molecule has 0 bridgehead atoms. The largest absolute Gasteiger partial charge is 0.496 e. The zero-order valence-electron chi connectivity index (χ0n) is 11.4. The molecule has 0 unspecified atom stereocenters. The lowest BCUT2D eigenvalue weighted by atomic mass is 10.1. The van der Waals surface area contributed by atoms with Gasteiger partial charge in [-0.15, -0.1) is 0 Å². The van der Waals surface area contributed by atoms with Crippen molar-refractivity contribution in [3.8, 4) is 5.75 Å². The van der Waals surface area contributed by atoms with Crippen LogP contribution in [0, 0.1) is 0 Å². The van der Waals surface area contributed by atoms with Gasteiger partial charge in [0.05, 0.1) is 7.11 Å². The van der Waals surface area contributed by atoms with Gasteiger partial charge in [-0.25, -0.2) is 0 Å². The standard InChI is InChI=1S/C16H18N2OS/c1-19-15-10-6-5-7-13(15)11-12-17-16(20)18-14-8-3-2-4-9-14/h2-10H,11-12H2,1H3,(H2,17,18,20). The summed E-state index contributed by atoms with van der Waals surface area (Å²) in [4.78, 5) is 0.